The monoisotopic (exact) mass is 461 g/mol. The van der Waals surface area contributed by atoms with Crippen LogP contribution in [0.15, 0.2) is 52.3 Å². The third kappa shape index (κ3) is 5.11. The van der Waals surface area contributed by atoms with Crippen molar-refractivity contribution in [1.29, 1.82) is 0 Å². The van der Waals surface area contributed by atoms with Gasteiger partial charge in [-0.15, -0.1) is 11.3 Å². The second-order valence-electron chi connectivity index (χ2n) is 5.96. The van der Waals surface area contributed by atoms with E-state index in [1.54, 1.807) is 14.2 Å². The largest absolute Gasteiger partial charge is 0.496 e. The molecule has 3 rings (SSSR count). The predicted molar refractivity (Wildman–Crippen MR) is 113 cm³/mol. The van der Waals surface area contributed by atoms with Gasteiger partial charge in [0.1, 0.15) is 23.1 Å². The van der Waals surface area contributed by atoms with Crippen molar-refractivity contribution in [3.63, 3.8) is 0 Å². The van der Waals surface area contributed by atoms with E-state index in [1.807, 2.05) is 47.8 Å². The first kappa shape index (κ1) is 20.4. The van der Waals surface area contributed by atoms with Crippen molar-refractivity contribution in [3.05, 3.63) is 63.6 Å². The molecular weight excluding hydrogens is 442 g/mol. The Kier molecular flexibility index (Phi) is 7.06. The molecule has 0 radical (unpaired) electrons. The lowest BCUT2D eigenvalue weighted by molar-refractivity contribution is -0.145. The molecule has 1 heterocycles. The SMILES string of the molecule is COc1ccccc1CCC(=O)OCc1csc(-c2cc(Br)ccc2OC)n1. The van der Waals surface area contributed by atoms with Gasteiger partial charge in [-0.2, -0.15) is 0 Å². The Hall–Kier alpha value is -2.38. The second-order valence-corrected chi connectivity index (χ2v) is 7.73. The van der Waals surface area contributed by atoms with Crippen molar-refractivity contribution >= 4 is 33.2 Å². The molecule has 0 saturated heterocycles. The Morgan fingerprint density at radius 2 is 1.89 bits per heavy atom. The highest BCUT2D eigenvalue weighted by Gasteiger charge is 2.13. The van der Waals surface area contributed by atoms with Gasteiger partial charge in [-0.25, -0.2) is 4.98 Å². The summed E-state index contributed by atoms with van der Waals surface area (Å²) in [4.78, 5) is 16.7. The van der Waals surface area contributed by atoms with E-state index in [0.717, 1.165) is 32.1 Å². The number of methoxy groups -OCH3 is 2. The van der Waals surface area contributed by atoms with Gasteiger partial charge < -0.3 is 14.2 Å². The molecule has 3 aromatic rings. The van der Waals surface area contributed by atoms with Gasteiger partial charge in [0.15, 0.2) is 0 Å². The highest BCUT2D eigenvalue weighted by molar-refractivity contribution is 9.10. The zero-order valence-electron chi connectivity index (χ0n) is 15.6. The maximum absolute atomic E-state index is 12.1. The summed E-state index contributed by atoms with van der Waals surface area (Å²) in [5.41, 5.74) is 2.60. The summed E-state index contributed by atoms with van der Waals surface area (Å²) in [7, 11) is 3.25. The molecule has 0 bridgehead atoms. The minimum Gasteiger partial charge on any atom is -0.496 e. The zero-order valence-corrected chi connectivity index (χ0v) is 18.0. The second kappa shape index (κ2) is 9.71. The van der Waals surface area contributed by atoms with E-state index in [9.17, 15) is 4.79 Å². The average Bonchev–Trinajstić information content (AvgIpc) is 3.19. The molecule has 0 fully saturated rings. The summed E-state index contributed by atoms with van der Waals surface area (Å²) in [5.74, 6) is 1.26. The van der Waals surface area contributed by atoms with Crippen molar-refractivity contribution in [2.75, 3.05) is 14.2 Å². The minimum absolute atomic E-state index is 0.150. The van der Waals surface area contributed by atoms with Gasteiger partial charge >= 0.3 is 5.97 Å². The van der Waals surface area contributed by atoms with Crippen LogP contribution in [0, 0.1) is 0 Å². The molecule has 28 heavy (non-hydrogen) atoms. The summed E-state index contributed by atoms with van der Waals surface area (Å²) < 4.78 is 17.0. The molecule has 1 aromatic heterocycles. The van der Waals surface area contributed by atoms with E-state index in [0.29, 0.717) is 12.1 Å². The number of hydrogen-bond acceptors (Lipinski definition) is 6. The normalized spacial score (nSPS) is 10.5. The summed E-state index contributed by atoms with van der Waals surface area (Å²) >= 11 is 4.96. The van der Waals surface area contributed by atoms with Crippen LogP contribution in [0.5, 0.6) is 11.5 Å². The molecule has 0 amide bonds. The van der Waals surface area contributed by atoms with Crippen LogP contribution in [0.3, 0.4) is 0 Å². The van der Waals surface area contributed by atoms with Crippen molar-refractivity contribution in [2.45, 2.75) is 19.4 Å². The van der Waals surface area contributed by atoms with Gasteiger partial charge in [0.2, 0.25) is 0 Å². The number of ether oxygens (including phenoxy) is 3. The number of aromatic nitrogens is 1. The van der Waals surface area contributed by atoms with E-state index in [2.05, 4.69) is 20.9 Å². The molecule has 5 nitrogen and oxygen atoms in total. The average molecular weight is 462 g/mol. The molecule has 146 valence electrons. The molecule has 0 saturated carbocycles. The third-order valence-electron chi connectivity index (χ3n) is 4.12. The number of halogens is 1. The van der Waals surface area contributed by atoms with Gasteiger partial charge in [-0.3, -0.25) is 4.79 Å². The molecule has 0 atom stereocenters. The highest BCUT2D eigenvalue weighted by atomic mass is 79.9. The maximum atomic E-state index is 12.1. The van der Waals surface area contributed by atoms with Crippen LogP contribution in [-0.2, 0) is 22.6 Å². The molecule has 0 aliphatic rings. The number of thiazole rings is 1. The molecule has 0 unspecified atom stereocenters. The third-order valence-corrected chi connectivity index (χ3v) is 5.53. The van der Waals surface area contributed by atoms with Crippen LogP contribution >= 0.6 is 27.3 Å². The number of hydrogen-bond donors (Lipinski definition) is 0. The van der Waals surface area contributed by atoms with Gasteiger partial charge in [0.05, 0.1) is 25.5 Å². The first-order valence-electron chi connectivity index (χ1n) is 8.66. The first-order chi connectivity index (χ1) is 13.6. The Morgan fingerprint density at radius 3 is 2.68 bits per heavy atom. The number of para-hydroxylation sites is 1. The Bertz CT molecular complexity index is 957. The van der Waals surface area contributed by atoms with Crippen LogP contribution in [0.4, 0.5) is 0 Å². The predicted octanol–water partition coefficient (Wildman–Crippen LogP) is 5.27. The quantitative estimate of drug-likeness (QED) is 0.427. The summed E-state index contributed by atoms with van der Waals surface area (Å²) in [6.45, 7) is 0.150. The van der Waals surface area contributed by atoms with Crippen LogP contribution in [0.1, 0.15) is 17.7 Å². The Morgan fingerprint density at radius 1 is 1.11 bits per heavy atom. The molecule has 2 aromatic carbocycles. The number of carbonyl (C=O) groups is 1. The number of benzene rings is 2. The van der Waals surface area contributed by atoms with Gasteiger partial charge in [-0.05, 0) is 36.2 Å². The summed E-state index contributed by atoms with van der Waals surface area (Å²) in [5, 5.41) is 2.71. The van der Waals surface area contributed by atoms with Crippen LogP contribution < -0.4 is 9.47 Å². The molecule has 7 heteroatoms. The zero-order chi connectivity index (χ0) is 19.9. The van der Waals surface area contributed by atoms with Crippen molar-refractivity contribution < 1.29 is 19.0 Å². The lowest BCUT2D eigenvalue weighted by Gasteiger charge is -2.08. The Balaban J connectivity index is 1.57. The first-order valence-corrected chi connectivity index (χ1v) is 10.3. The fourth-order valence-corrected chi connectivity index (χ4v) is 3.90. The van der Waals surface area contributed by atoms with Crippen molar-refractivity contribution in [2.24, 2.45) is 0 Å². The van der Waals surface area contributed by atoms with Crippen molar-refractivity contribution in [1.82, 2.24) is 4.98 Å². The molecule has 0 aliphatic heterocycles. The smallest absolute Gasteiger partial charge is 0.306 e. The van der Waals surface area contributed by atoms with Crippen LogP contribution in [0.2, 0.25) is 0 Å². The molecular formula is C21H20BrNO4S. The number of nitrogens with zero attached hydrogens (tertiary/aromatic N) is 1. The van der Waals surface area contributed by atoms with Crippen molar-refractivity contribution in [3.8, 4) is 22.1 Å². The number of esters is 1. The topological polar surface area (TPSA) is 57.7 Å². The van der Waals surface area contributed by atoms with Gasteiger partial charge in [-0.1, -0.05) is 34.1 Å². The lowest BCUT2D eigenvalue weighted by atomic mass is 10.1. The van der Waals surface area contributed by atoms with Gasteiger partial charge in [0, 0.05) is 16.3 Å². The van der Waals surface area contributed by atoms with E-state index in [-0.39, 0.29) is 19.0 Å². The van der Waals surface area contributed by atoms with Gasteiger partial charge in [0.25, 0.3) is 0 Å². The number of aryl methyl sites for hydroxylation is 1. The highest BCUT2D eigenvalue weighted by Crippen LogP contribution is 2.34. The fourth-order valence-electron chi connectivity index (χ4n) is 2.72. The molecule has 0 N–H and O–H groups in total. The maximum Gasteiger partial charge on any atom is 0.306 e. The molecule has 0 spiro atoms. The number of carbonyl (C=O) groups excluding carboxylic acids is 1. The van der Waals surface area contributed by atoms with E-state index < -0.39 is 0 Å². The summed E-state index contributed by atoms with van der Waals surface area (Å²) in [6.07, 6.45) is 0.858. The van der Waals surface area contributed by atoms with Crippen LogP contribution in [-0.4, -0.2) is 25.2 Å². The minimum atomic E-state index is -0.263. The van der Waals surface area contributed by atoms with E-state index >= 15 is 0 Å². The standard InChI is InChI=1S/C21H20BrNO4S/c1-25-18-6-4-3-5-14(18)7-10-20(24)27-12-16-13-28-21(23-16)17-11-15(22)8-9-19(17)26-2/h3-6,8-9,11,13H,7,10,12H2,1-2H3. The van der Waals surface area contributed by atoms with E-state index in [1.165, 1.54) is 11.3 Å². The van der Waals surface area contributed by atoms with Crippen LogP contribution in [0.25, 0.3) is 10.6 Å². The summed E-state index contributed by atoms with van der Waals surface area (Å²) in [6, 6.07) is 13.4. The Labute approximate surface area is 176 Å². The molecule has 0 aliphatic carbocycles. The lowest BCUT2D eigenvalue weighted by Crippen LogP contribution is -2.06. The fraction of sp³-hybridized carbons (Fsp3) is 0.238. The van der Waals surface area contributed by atoms with E-state index in [4.69, 9.17) is 14.2 Å². The number of rotatable bonds is 8.